The van der Waals surface area contributed by atoms with Crippen LogP contribution in [0.5, 0.6) is 0 Å². The molecule has 0 bridgehead atoms. The summed E-state index contributed by atoms with van der Waals surface area (Å²) in [5, 5.41) is 8.89. The Hall–Kier alpha value is -1.09. The highest BCUT2D eigenvalue weighted by Gasteiger charge is 2.62. The molecule has 1 aromatic carbocycles. The molecule has 2 atom stereocenters. The average molecular weight is 286 g/mol. The van der Waals surface area contributed by atoms with Gasteiger partial charge < -0.3 is 4.74 Å². The number of hydrogen-bond donors (Lipinski definition) is 0. The molecule has 0 heterocycles. The van der Waals surface area contributed by atoms with Crippen molar-refractivity contribution in [1.29, 1.82) is 5.26 Å². The molecule has 1 fully saturated rings. The Morgan fingerprint density at radius 1 is 1.50 bits per heavy atom. The van der Waals surface area contributed by atoms with E-state index in [4.69, 9.17) is 21.6 Å². The van der Waals surface area contributed by atoms with E-state index in [9.17, 15) is 8.42 Å². The van der Waals surface area contributed by atoms with Gasteiger partial charge in [0.2, 0.25) is 0 Å². The number of hydrogen-bond acceptors (Lipinski definition) is 4. The highest BCUT2D eigenvalue weighted by atomic mass is 35.5. The van der Waals surface area contributed by atoms with Crippen LogP contribution in [0.4, 0.5) is 0 Å². The number of halogens is 1. The van der Waals surface area contributed by atoms with Crippen molar-refractivity contribution in [1.82, 2.24) is 0 Å². The number of nitrogens with zero attached hydrogens (tertiary/aromatic N) is 1. The van der Waals surface area contributed by atoms with E-state index >= 15 is 0 Å². The maximum absolute atomic E-state index is 12.3. The van der Waals surface area contributed by atoms with Crippen LogP contribution in [0.15, 0.2) is 29.2 Å². The average Bonchev–Trinajstić information content (AvgIpc) is 3.06. The van der Waals surface area contributed by atoms with Crippen molar-refractivity contribution in [2.24, 2.45) is 5.41 Å². The zero-order chi connectivity index (χ0) is 13.4. The lowest BCUT2D eigenvalue weighted by molar-refractivity contribution is 0.164. The van der Waals surface area contributed by atoms with Gasteiger partial charge in [0.05, 0.1) is 28.2 Å². The fourth-order valence-corrected chi connectivity index (χ4v) is 4.23. The topological polar surface area (TPSA) is 67.2 Å². The summed E-state index contributed by atoms with van der Waals surface area (Å²) < 4.78 is 29.5. The van der Waals surface area contributed by atoms with Crippen molar-refractivity contribution in [3.05, 3.63) is 29.3 Å². The molecule has 6 heteroatoms. The number of nitriles is 1. The molecule has 4 nitrogen and oxygen atoms in total. The number of benzene rings is 1. The molecule has 1 aliphatic carbocycles. The standard InChI is InChI=1S/C12H12ClNO3S/c1-17-8-12(7-14)6-11(12)18(15,16)10-4-2-9(13)3-5-10/h2-5,11H,6,8H2,1H3/t11-,12-/m1/s1. The van der Waals surface area contributed by atoms with Crippen molar-refractivity contribution < 1.29 is 13.2 Å². The minimum Gasteiger partial charge on any atom is -0.383 e. The smallest absolute Gasteiger partial charge is 0.182 e. The normalized spacial score (nSPS) is 26.6. The van der Waals surface area contributed by atoms with Crippen molar-refractivity contribution in [2.45, 2.75) is 16.6 Å². The fraction of sp³-hybridized carbons (Fsp3) is 0.417. The summed E-state index contributed by atoms with van der Waals surface area (Å²) in [6.45, 7) is 0.140. The molecule has 96 valence electrons. The largest absolute Gasteiger partial charge is 0.383 e. The van der Waals surface area contributed by atoms with Crippen molar-refractivity contribution in [3.8, 4) is 6.07 Å². The molecular formula is C12H12ClNO3S. The van der Waals surface area contributed by atoms with E-state index < -0.39 is 20.5 Å². The molecule has 0 amide bonds. The molecule has 1 aromatic rings. The Morgan fingerprint density at radius 2 is 2.11 bits per heavy atom. The summed E-state index contributed by atoms with van der Waals surface area (Å²) in [5.41, 5.74) is -0.896. The summed E-state index contributed by atoms with van der Waals surface area (Å²) in [5.74, 6) is 0. The highest BCUT2D eigenvalue weighted by molar-refractivity contribution is 7.92. The van der Waals surface area contributed by atoms with Crippen molar-refractivity contribution >= 4 is 21.4 Å². The van der Waals surface area contributed by atoms with Gasteiger partial charge in [0, 0.05) is 12.1 Å². The van der Waals surface area contributed by atoms with E-state index in [-0.39, 0.29) is 11.5 Å². The molecule has 18 heavy (non-hydrogen) atoms. The van der Waals surface area contributed by atoms with E-state index in [0.29, 0.717) is 11.4 Å². The van der Waals surface area contributed by atoms with Gasteiger partial charge in [0.15, 0.2) is 9.84 Å². The molecule has 1 aliphatic rings. The first-order valence-electron chi connectivity index (χ1n) is 5.36. The number of methoxy groups -OCH3 is 1. The first-order chi connectivity index (χ1) is 8.46. The Morgan fingerprint density at radius 3 is 2.61 bits per heavy atom. The third-order valence-electron chi connectivity index (χ3n) is 3.15. The van der Waals surface area contributed by atoms with Crippen LogP contribution in [0, 0.1) is 16.7 Å². The van der Waals surface area contributed by atoms with Crippen LogP contribution < -0.4 is 0 Å². The Bertz CT molecular complexity index is 591. The second-order valence-electron chi connectivity index (χ2n) is 4.39. The summed E-state index contributed by atoms with van der Waals surface area (Å²) >= 11 is 5.72. The van der Waals surface area contributed by atoms with Gasteiger partial charge >= 0.3 is 0 Å². The van der Waals surface area contributed by atoms with Gasteiger partial charge in [-0.05, 0) is 30.7 Å². The lowest BCUT2D eigenvalue weighted by atomic mass is 10.1. The molecule has 2 rings (SSSR count). The van der Waals surface area contributed by atoms with E-state index in [0.717, 1.165) is 0 Å². The molecule has 1 saturated carbocycles. The molecule has 0 radical (unpaired) electrons. The third-order valence-corrected chi connectivity index (χ3v) is 5.70. The number of ether oxygens (including phenoxy) is 1. The Kier molecular flexibility index (Phi) is 3.37. The predicted molar refractivity (Wildman–Crippen MR) is 67.0 cm³/mol. The maximum Gasteiger partial charge on any atom is 0.182 e. The summed E-state index contributed by atoms with van der Waals surface area (Å²) in [6, 6.07) is 8.04. The third kappa shape index (κ3) is 2.12. The number of sulfone groups is 1. The van der Waals surface area contributed by atoms with E-state index in [1.165, 1.54) is 31.4 Å². The SMILES string of the molecule is COC[C@]1(C#N)C[C@H]1S(=O)(=O)c1ccc(Cl)cc1. The van der Waals surface area contributed by atoms with E-state index in [1.807, 2.05) is 0 Å². The molecule has 0 spiro atoms. The van der Waals surface area contributed by atoms with Crippen LogP contribution in [-0.4, -0.2) is 27.4 Å². The van der Waals surface area contributed by atoms with Crippen molar-refractivity contribution in [2.75, 3.05) is 13.7 Å². The van der Waals surface area contributed by atoms with Crippen LogP contribution in [0.1, 0.15) is 6.42 Å². The monoisotopic (exact) mass is 285 g/mol. The lowest BCUT2D eigenvalue weighted by Crippen LogP contribution is -2.19. The van der Waals surface area contributed by atoms with Gasteiger partial charge in [-0.15, -0.1) is 0 Å². The molecule has 0 aromatic heterocycles. The second kappa shape index (κ2) is 4.54. The second-order valence-corrected chi connectivity index (χ2v) is 6.96. The lowest BCUT2D eigenvalue weighted by Gasteiger charge is -2.08. The molecule has 0 N–H and O–H groups in total. The minimum atomic E-state index is -3.49. The first-order valence-corrected chi connectivity index (χ1v) is 7.28. The fourth-order valence-electron chi connectivity index (χ4n) is 2.03. The van der Waals surface area contributed by atoms with Crippen molar-refractivity contribution in [3.63, 3.8) is 0 Å². The van der Waals surface area contributed by atoms with Crippen LogP contribution in [0.3, 0.4) is 0 Å². The van der Waals surface area contributed by atoms with Crippen LogP contribution in [0.2, 0.25) is 5.02 Å². The first kappa shape index (κ1) is 13.3. The summed E-state index contributed by atoms with van der Waals surface area (Å²) in [4.78, 5) is 0.199. The molecule has 0 saturated heterocycles. The Balaban J connectivity index is 2.30. The van der Waals surface area contributed by atoms with Crippen LogP contribution in [-0.2, 0) is 14.6 Å². The summed E-state index contributed by atoms with van der Waals surface area (Å²) in [7, 11) is -2.02. The minimum absolute atomic E-state index is 0.140. The van der Waals surface area contributed by atoms with Gasteiger partial charge in [-0.2, -0.15) is 5.26 Å². The maximum atomic E-state index is 12.3. The van der Waals surface area contributed by atoms with Gasteiger partial charge in [0.25, 0.3) is 0 Å². The van der Waals surface area contributed by atoms with E-state index in [2.05, 4.69) is 6.07 Å². The molecular weight excluding hydrogens is 274 g/mol. The van der Waals surface area contributed by atoms with E-state index in [1.54, 1.807) is 0 Å². The highest BCUT2D eigenvalue weighted by Crippen LogP contribution is 2.52. The quantitative estimate of drug-likeness (QED) is 0.849. The zero-order valence-electron chi connectivity index (χ0n) is 9.76. The zero-order valence-corrected chi connectivity index (χ0v) is 11.3. The van der Waals surface area contributed by atoms with Gasteiger partial charge in [0.1, 0.15) is 0 Å². The predicted octanol–water partition coefficient (Wildman–Crippen LogP) is 2.04. The Labute approximate surface area is 111 Å². The number of rotatable bonds is 4. The van der Waals surface area contributed by atoms with Gasteiger partial charge in [-0.1, -0.05) is 11.6 Å². The molecule has 0 aliphatic heterocycles. The van der Waals surface area contributed by atoms with Gasteiger partial charge in [-0.25, -0.2) is 8.42 Å². The van der Waals surface area contributed by atoms with Gasteiger partial charge in [-0.3, -0.25) is 0 Å². The molecule has 0 unspecified atom stereocenters. The van der Waals surface area contributed by atoms with Crippen LogP contribution in [0.25, 0.3) is 0 Å². The van der Waals surface area contributed by atoms with Crippen LogP contribution >= 0.6 is 11.6 Å². The summed E-state index contributed by atoms with van der Waals surface area (Å²) in [6.07, 6.45) is 0.322.